The normalized spacial score (nSPS) is 14.4. The highest BCUT2D eigenvalue weighted by molar-refractivity contribution is 7.18. The quantitative estimate of drug-likeness (QED) is 0.207. The van der Waals surface area contributed by atoms with Gasteiger partial charge in [-0.3, -0.25) is 19.2 Å². The Morgan fingerprint density at radius 1 is 1.17 bits per heavy atom. The molecule has 0 spiro atoms. The smallest absolute Gasteiger partial charge is 0.416 e. The molecule has 2 aromatic carbocycles. The minimum atomic E-state index is -4.75. The first-order chi connectivity index (χ1) is 22.9. The van der Waals surface area contributed by atoms with E-state index < -0.39 is 23.3 Å². The van der Waals surface area contributed by atoms with Gasteiger partial charge in [-0.2, -0.15) is 18.4 Å². The number of benzene rings is 2. The van der Waals surface area contributed by atoms with Gasteiger partial charge in [-0.25, -0.2) is 9.78 Å². The number of pyridine rings is 1. The Labute approximate surface area is 281 Å². The van der Waals surface area contributed by atoms with Crippen LogP contribution in [0.5, 0.6) is 5.75 Å². The van der Waals surface area contributed by atoms with Crippen LogP contribution < -0.4 is 10.3 Å². The fourth-order valence-electron chi connectivity index (χ4n) is 5.95. The van der Waals surface area contributed by atoms with E-state index in [0.717, 1.165) is 6.07 Å². The number of carboxylic acids is 1. The predicted octanol–water partition coefficient (Wildman–Crippen LogP) is 6.05. The van der Waals surface area contributed by atoms with Crippen molar-refractivity contribution in [3.63, 3.8) is 0 Å². The number of carbonyl (C=O) groups is 1. The highest BCUT2D eigenvalue weighted by Crippen LogP contribution is 2.40. The van der Waals surface area contributed by atoms with Crippen LogP contribution in [-0.2, 0) is 19.3 Å². The third-order valence-corrected chi connectivity index (χ3v) is 9.67. The molecule has 48 heavy (non-hydrogen) atoms. The number of piperazine rings is 1. The van der Waals surface area contributed by atoms with Crippen LogP contribution in [0, 0.1) is 18.3 Å². The highest BCUT2D eigenvalue weighted by atomic mass is 35.5. The van der Waals surface area contributed by atoms with Crippen molar-refractivity contribution < 1.29 is 27.8 Å². The van der Waals surface area contributed by atoms with Crippen LogP contribution in [0.4, 0.5) is 13.2 Å². The number of carboxylic acid groups (broad SMARTS) is 1. The molecule has 1 aliphatic rings. The number of likely N-dealkylation sites (N-methyl/N-ethyl adjacent to an activating group) is 1. The van der Waals surface area contributed by atoms with Crippen LogP contribution in [0.1, 0.15) is 32.9 Å². The number of aryl methyl sites for hydroxylation is 1. The van der Waals surface area contributed by atoms with E-state index in [4.69, 9.17) is 16.3 Å². The summed E-state index contributed by atoms with van der Waals surface area (Å²) >= 11 is 7.56. The Morgan fingerprint density at radius 3 is 2.60 bits per heavy atom. The first-order valence-electron chi connectivity index (χ1n) is 14.8. The number of hydrogen-bond donors (Lipinski definition) is 1. The van der Waals surface area contributed by atoms with Gasteiger partial charge >= 0.3 is 12.1 Å². The fourth-order valence-corrected chi connectivity index (χ4v) is 7.15. The van der Waals surface area contributed by atoms with E-state index in [9.17, 15) is 33.1 Å². The summed E-state index contributed by atoms with van der Waals surface area (Å²) in [6.45, 7) is 3.70. The largest absolute Gasteiger partial charge is 0.491 e. The van der Waals surface area contributed by atoms with Crippen molar-refractivity contribution in [2.45, 2.75) is 26.2 Å². The van der Waals surface area contributed by atoms with Crippen LogP contribution in [0.3, 0.4) is 0 Å². The summed E-state index contributed by atoms with van der Waals surface area (Å²) in [5.41, 5.74) is -0.736. The average Bonchev–Trinajstić information content (AvgIpc) is 3.48. The lowest BCUT2D eigenvalue weighted by Crippen LogP contribution is -2.44. The van der Waals surface area contributed by atoms with Gasteiger partial charge in [0.2, 0.25) is 0 Å². The molecule has 1 fully saturated rings. The molecule has 248 valence electrons. The lowest BCUT2D eigenvalue weighted by Gasteiger charge is -2.33. The minimum Gasteiger partial charge on any atom is -0.491 e. The lowest BCUT2D eigenvalue weighted by molar-refractivity contribution is -0.138. The van der Waals surface area contributed by atoms with Gasteiger partial charge < -0.3 is 14.7 Å². The van der Waals surface area contributed by atoms with E-state index in [1.807, 2.05) is 18.0 Å². The van der Waals surface area contributed by atoms with E-state index in [1.54, 1.807) is 24.3 Å². The second kappa shape index (κ2) is 13.2. The zero-order valence-corrected chi connectivity index (χ0v) is 27.3. The molecule has 1 saturated heterocycles. The van der Waals surface area contributed by atoms with Crippen molar-refractivity contribution in [3.05, 3.63) is 85.4 Å². The zero-order valence-electron chi connectivity index (χ0n) is 25.8. The molecule has 15 heteroatoms. The molecule has 0 saturated carbocycles. The molecule has 10 nitrogen and oxygen atoms in total. The van der Waals surface area contributed by atoms with Gasteiger partial charge in [0, 0.05) is 60.5 Å². The molecule has 0 radical (unpaired) electrons. The molecule has 5 aromatic rings. The summed E-state index contributed by atoms with van der Waals surface area (Å²) < 4.78 is 51.0. The van der Waals surface area contributed by atoms with Crippen LogP contribution in [0.25, 0.3) is 32.2 Å². The molecule has 4 heterocycles. The summed E-state index contributed by atoms with van der Waals surface area (Å²) in [4.78, 5) is 38.1. The van der Waals surface area contributed by atoms with Crippen LogP contribution in [0.15, 0.2) is 46.7 Å². The number of aromatic carboxylic acids is 1. The third-order valence-electron chi connectivity index (χ3n) is 8.43. The second-order valence-electron chi connectivity index (χ2n) is 11.5. The van der Waals surface area contributed by atoms with Gasteiger partial charge in [0.05, 0.1) is 44.4 Å². The maximum Gasteiger partial charge on any atom is 0.416 e. The minimum absolute atomic E-state index is 0.0245. The number of rotatable bonds is 8. The first-order valence-corrected chi connectivity index (χ1v) is 16.1. The van der Waals surface area contributed by atoms with E-state index in [0.29, 0.717) is 58.3 Å². The van der Waals surface area contributed by atoms with E-state index in [-0.39, 0.29) is 53.1 Å². The van der Waals surface area contributed by atoms with Crippen molar-refractivity contribution in [2.75, 3.05) is 39.8 Å². The monoisotopic (exact) mass is 696 g/mol. The zero-order chi connectivity index (χ0) is 34.3. The number of aromatic nitrogens is 3. The maximum atomic E-state index is 14.3. The topological polar surface area (TPSA) is 125 Å². The molecule has 0 aliphatic carbocycles. The number of nitriles is 1. The summed E-state index contributed by atoms with van der Waals surface area (Å²) in [6.07, 6.45) is -3.25. The molecule has 1 N–H and O–H groups in total. The standard InChI is InChI=1S/C33H28ClF3N6O4S/c1-18-40-26-14-25(33(35,36)37)23(16-42-9-7-41(2)8-10-42)22(15-38)28(26)31(44)43(18)11-12-47-27-4-3-19(34)13-21(27)20-5-6-39-29-24(32(45)46)17-48-30(20)29/h3-6,13-14,17H,7-12,16H2,1-2H3,(H,45,46). The molecule has 3 aromatic heterocycles. The predicted molar refractivity (Wildman–Crippen MR) is 176 cm³/mol. The summed E-state index contributed by atoms with van der Waals surface area (Å²) in [5.74, 6) is -0.538. The van der Waals surface area contributed by atoms with Crippen molar-refractivity contribution in [2.24, 2.45) is 0 Å². The van der Waals surface area contributed by atoms with Crippen molar-refractivity contribution >= 4 is 50.0 Å². The molecule has 1 aliphatic heterocycles. The van der Waals surface area contributed by atoms with E-state index >= 15 is 0 Å². The number of hydrogen-bond acceptors (Lipinski definition) is 9. The van der Waals surface area contributed by atoms with Gasteiger partial charge in [0.1, 0.15) is 24.3 Å². The van der Waals surface area contributed by atoms with Crippen molar-refractivity contribution in [1.82, 2.24) is 24.3 Å². The molecular weight excluding hydrogens is 669 g/mol. The molecule has 6 rings (SSSR count). The molecule has 0 amide bonds. The number of alkyl halides is 3. The first kappa shape index (κ1) is 33.4. The van der Waals surface area contributed by atoms with Crippen LogP contribution in [-0.4, -0.2) is 75.2 Å². The van der Waals surface area contributed by atoms with Gasteiger partial charge in [0.15, 0.2) is 0 Å². The highest BCUT2D eigenvalue weighted by Gasteiger charge is 2.37. The molecule has 0 bridgehead atoms. The van der Waals surface area contributed by atoms with Gasteiger partial charge in [0.25, 0.3) is 5.56 Å². The number of ether oxygens (including phenoxy) is 1. The van der Waals surface area contributed by atoms with Gasteiger partial charge in [-0.15, -0.1) is 11.3 Å². The Morgan fingerprint density at radius 2 is 1.92 bits per heavy atom. The summed E-state index contributed by atoms with van der Waals surface area (Å²) in [5, 5.41) is 21.5. The van der Waals surface area contributed by atoms with Crippen molar-refractivity contribution in [3.8, 4) is 22.9 Å². The Kier molecular flexibility index (Phi) is 9.14. The van der Waals surface area contributed by atoms with Gasteiger partial charge in [-0.1, -0.05) is 11.6 Å². The average molecular weight is 697 g/mol. The lowest BCUT2D eigenvalue weighted by atomic mass is 9.96. The molecule has 0 unspecified atom stereocenters. The maximum absolute atomic E-state index is 14.3. The molecule has 0 atom stereocenters. The Bertz CT molecular complexity index is 2170. The van der Waals surface area contributed by atoms with Gasteiger partial charge in [-0.05, 0) is 49.9 Å². The SMILES string of the molecule is Cc1nc2cc(C(F)(F)F)c(CN3CCN(C)CC3)c(C#N)c2c(=O)n1CCOc1ccc(Cl)cc1-c1ccnc2c(C(=O)O)csc12. The second-order valence-corrected chi connectivity index (χ2v) is 12.8. The number of nitrogens with zero attached hydrogens (tertiary/aromatic N) is 6. The van der Waals surface area contributed by atoms with Crippen LogP contribution >= 0.6 is 22.9 Å². The summed E-state index contributed by atoms with van der Waals surface area (Å²) in [6, 6.07) is 9.45. The Hall–Kier alpha value is -4.55. The summed E-state index contributed by atoms with van der Waals surface area (Å²) in [7, 11) is 1.93. The van der Waals surface area contributed by atoms with Crippen LogP contribution in [0.2, 0.25) is 5.02 Å². The number of halogens is 4. The Balaban J connectivity index is 1.35. The fraction of sp³-hybridized carbons (Fsp3) is 0.303. The van der Waals surface area contributed by atoms with Crippen molar-refractivity contribution in [1.29, 1.82) is 5.26 Å². The number of thiophene rings is 1. The van der Waals surface area contributed by atoms with E-state index in [2.05, 4.69) is 14.9 Å². The number of fused-ring (bicyclic) bond motifs is 2. The van der Waals surface area contributed by atoms with E-state index in [1.165, 1.54) is 34.4 Å². The molecular formula is C33H28ClF3N6O4S. The third kappa shape index (κ3) is 6.34.